The molecule has 0 unspecified atom stereocenters. The molecule has 0 spiro atoms. The summed E-state index contributed by atoms with van der Waals surface area (Å²) in [5.41, 5.74) is 6.00. The van der Waals surface area contributed by atoms with Crippen LogP contribution in [0.1, 0.15) is 11.4 Å². The molecule has 0 radical (unpaired) electrons. The van der Waals surface area contributed by atoms with Gasteiger partial charge in [0.1, 0.15) is 5.82 Å². The fourth-order valence-corrected chi connectivity index (χ4v) is 0.610. The van der Waals surface area contributed by atoms with Gasteiger partial charge in [-0.05, 0) is 6.92 Å². The Bertz CT molecular complexity index is 278. The third-order valence-corrected chi connectivity index (χ3v) is 1.12. The fraction of sp³-hybridized carbons (Fsp3) is 0.250. The van der Waals surface area contributed by atoms with Crippen LogP contribution in [0.2, 0.25) is 0 Å². The van der Waals surface area contributed by atoms with Gasteiger partial charge in [-0.1, -0.05) is 11.8 Å². The van der Waals surface area contributed by atoms with Crippen LogP contribution in [0.5, 0.6) is 0 Å². The molecule has 0 fully saturated rings. The minimum Gasteiger partial charge on any atom is -0.320 e. The predicted octanol–water partition coefficient (Wildman–Crippen LogP) is 0.0952. The van der Waals surface area contributed by atoms with Crippen molar-refractivity contribution in [1.82, 2.24) is 9.97 Å². The summed E-state index contributed by atoms with van der Waals surface area (Å²) in [6.45, 7) is 2.20. The average Bonchev–Trinajstić information content (AvgIpc) is 2.04. The molecule has 3 nitrogen and oxygen atoms in total. The second kappa shape index (κ2) is 3.69. The van der Waals surface area contributed by atoms with E-state index in [0.29, 0.717) is 6.54 Å². The molecule has 1 aromatic heterocycles. The van der Waals surface area contributed by atoms with Crippen LogP contribution in [0, 0.1) is 18.8 Å². The molecule has 1 aromatic rings. The smallest absolute Gasteiger partial charge is 0.125 e. The number of aryl methyl sites for hydroxylation is 1. The maximum Gasteiger partial charge on any atom is 0.125 e. The van der Waals surface area contributed by atoms with Gasteiger partial charge in [0.2, 0.25) is 0 Å². The highest BCUT2D eigenvalue weighted by atomic mass is 14.8. The zero-order valence-corrected chi connectivity index (χ0v) is 6.33. The summed E-state index contributed by atoms with van der Waals surface area (Å²) in [6, 6.07) is 0. The standard InChI is InChI=1S/C8H9N3/c1-7-10-5-8(6-11-7)3-2-4-9/h5-6H,4,9H2,1H3. The minimum atomic E-state index is 0.369. The highest BCUT2D eigenvalue weighted by Gasteiger charge is 1.86. The van der Waals surface area contributed by atoms with Crippen molar-refractivity contribution in [3.8, 4) is 11.8 Å². The van der Waals surface area contributed by atoms with Crippen LogP contribution in [0.3, 0.4) is 0 Å². The molecular formula is C8H9N3. The molecule has 0 amide bonds. The lowest BCUT2D eigenvalue weighted by molar-refractivity contribution is 1.05. The van der Waals surface area contributed by atoms with Gasteiger partial charge in [-0.3, -0.25) is 0 Å². The summed E-state index contributed by atoms with van der Waals surface area (Å²) < 4.78 is 0. The van der Waals surface area contributed by atoms with E-state index >= 15 is 0 Å². The molecule has 0 saturated heterocycles. The Morgan fingerprint density at radius 3 is 2.64 bits per heavy atom. The molecule has 0 aliphatic heterocycles. The van der Waals surface area contributed by atoms with Crippen LogP contribution in [0.25, 0.3) is 0 Å². The SMILES string of the molecule is Cc1ncc(C#CCN)cn1. The first-order valence-electron chi connectivity index (χ1n) is 3.30. The Morgan fingerprint density at radius 1 is 1.45 bits per heavy atom. The first-order chi connectivity index (χ1) is 5.33. The zero-order valence-electron chi connectivity index (χ0n) is 6.33. The molecule has 56 valence electrons. The van der Waals surface area contributed by atoms with Crippen molar-refractivity contribution in [3.63, 3.8) is 0 Å². The van der Waals surface area contributed by atoms with Gasteiger partial charge in [0.25, 0.3) is 0 Å². The van der Waals surface area contributed by atoms with E-state index in [0.717, 1.165) is 11.4 Å². The lowest BCUT2D eigenvalue weighted by atomic mass is 10.3. The van der Waals surface area contributed by atoms with Crippen LogP contribution in [-0.2, 0) is 0 Å². The first-order valence-corrected chi connectivity index (χ1v) is 3.30. The Morgan fingerprint density at radius 2 is 2.09 bits per heavy atom. The van der Waals surface area contributed by atoms with E-state index in [-0.39, 0.29) is 0 Å². The van der Waals surface area contributed by atoms with Crippen molar-refractivity contribution >= 4 is 0 Å². The second-order valence-electron chi connectivity index (χ2n) is 2.02. The summed E-state index contributed by atoms with van der Waals surface area (Å²) in [5, 5.41) is 0. The Hall–Kier alpha value is -1.40. The van der Waals surface area contributed by atoms with Crippen molar-refractivity contribution < 1.29 is 0 Å². The van der Waals surface area contributed by atoms with E-state index in [1.165, 1.54) is 0 Å². The van der Waals surface area contributed by atoms with E-state index in [9.17, 15) is 0 Å². The largest absolute Gasteiger partial charge is 0.320 e. The van der Waals surface area contributed by atoms with Crippen LogP contribution < -0.4 is 5.73 Å². The topological polar surface area (TPSA) is 51.8 Å². The molecule has 11 heavy (non-hydrogen) atoms. The minimum absolute atomic E-state index is 0.369. The van der Waals surface area contributed by atoms with Crippen molar-refractivity contribution in [3.05, 3.63) is 23.8 Å². The summed E-state index contributed by atoms with van der Waals surface area (Å²) in [4.78, 5) is 7.96. The van der Waals surface area contributed by atoms with Gasteiger partial charge in [-0.25, -0.2) is 9.97 Å². The first kappa shape index (κ1) is 7.70. The highest BCUT2D eigenvalue weighted by molar-refractivity contribution is 5.29. The summed E-state index contributed by atoms with van der Waals surface area (Å²) in [7, 11) is 0. The summed E-state index contributed by atoms with van der Waals surface area (Å²) in [6.07, 6.45) is 3.37. The molecule has 0 aromatic carbocycles. The number of rotatable bonds is 0. The lowest BCUT2D eigenvalue weighted by Gasteiger charge is -1.89. The number of nitrogens with two attached hydrogens (primary N) is 1. The zero-order chi connectivity index (χ0) is 8.10. The normalized spacial score (nSPS) is 8.55. The van der Waals surface area contributed by atoms with Crippen LogP contribution in [0.15, 0.2) is 12.4 Å². The van der Waals surface area contributed by atoms with Crippen molar-refractivity contribution in [1.29, 1.82) is 0 Å². The number of hydrogen-bond donors (Lipinski definition) is 1. The lowest BCUT2D eigenvalue weighted by Crippen LogP contribution is -1.93. The second-order valence-corrected chi connectivity index (χ2v) is 2.02. The molecule has 0 aliphatic rings. The summed E-state index contributed by atoms with van der Waals surface area (Å²) >= 11 is 0. The monoisotopic (exact) mass is 147 g/mol. The Labute approximate surface area is 65.7 Å². The Kier molecular flexibility index (Phi) is 2.59. The van der Waals surface area contributed by atoms with Crippen LogP contribution in [-0.4, -0.2) is 16.5 Å². The summed E-state index contributed by atoms with van der Waals surface area (Å²) in [5.74, 6) is 6.31. The fourth-order valence-electron chi connectivity index (χ4n) is 0.610. The third kappa shape index (κ3) is 2.36. The molecular weight excluding hydrogens is 138 g/mol. The maximum absolute atomic E-state index is 5.19. The molecule has 1 rings (SSSR count). The molecule has 3 heteroatoms. The molecule has 0 saturated carbocycles. The van der Waals surface area contributed by atoms with E-state index in [1.54, 1.807) is 12.4 Å². The number of aromatic nitrogens is 2. The van der Waals surface area contributed by atoms with E-state index < -0.39 is 0 Å². The average molecular weight is 147 g/mol. The van der Waals surface area contributed by atoms with Gasteiger partial charge in [-0.15, -0.1) is 0 Å². The van der Waals surface area contributed by atoms with Crippen LogP contribution in [0.4, 0.5) is 0 Å². The third-order valence-electron chi connectivity index (χ3n) is 1.12. The van der Waals surface area contributed by atoms with Crippen LogP contribution >= 0.6 is 0 Å². The highest BCUT2D eigenvalue weighted by Crippen LogP contribution is 1.91. The molecule has 0 bridgehead atoms. The van der Waals surface area contributed by atoms with E-state index in [1.807, 2.05) is 6.92 Å². The van der Waals surface area contributed by atoms with Crippen molar-refractivity contribution in [2.24, 2.45) is 5.73 Å². The molecule has 2 N–H and O–H groups in total. The van der Waals surface area contributed by atoms with Gasteiger partial charge >= 0.3 is 0 Å². The number of nitrogens with zero attached hydrogens (tertiary/aromatic N) is 2. The molecule has 0 aliphatic carbocycles. The molecule has 1 heterocycles. The maximum atomic E-state index is 5.19. The van der Waals surface area contributed by atoms with E-state index in [2.05, 4.69) is 21.8 Å². The van der Waals surface area contributed by atoms with Crippen molar-refractivity contribution in [2.75, 3.05) is 6.54 Å². The van der Waals surface area contributed by atoms with Gasteiger partial charge < -0.3 is 5.73 Å². The van der Waals surface area contributed by atoms with Gasteiger partial charge in [0.05, 0.1) is 12.1 Å². The van der Waals surface area contributed by atoms with Gasteiger partial charge in [0, 0.05) is 12.4 Å². The van der Waals surface area contributed by atoms with Crippen molar-refractivity contribution in [2.45, 2.75) is 6.92 Å². The molecule has 0 atom stereocenters. The Balaban J connectivity index is 2.82. The van der Waals surface area contributed by atoms with E-state index in [4.69, 9.17) is 5.73 Å². The van der Waals surface area contributed by atoms with Gasteiger partial charge in [0.15, 0.2) is 0 Å². The number of hydrogen-bond acceptors (Lipinski definition) is 3. The predicted molar refractivity (Wildman–Crippen MR) is 42.7 cm³/mol. The quantitative estimate of drug-likeness (QED) is 0.529. The van der Waals surface area contributed by atoms with Gasteiger partial charge in [-0.2, -0.15) is 0 Å².